The Bertz CT molecular complexity index is 787. The van der Waals surface area contributed by atoms with E-state index >= 15 is 0 Å². The summed E-state index contributed by atoms with van der Waals surface area (Å²) < 4.78 is 51.4. The zero-order valence-electron chi connectivity index (χ0n) is 12.2. The van der Waals surface area contributed by atoms with Gasteiger partial charge in [-0.05, 0) is 41.0 Å². The zero-order chi connectivity index (χ0) is 17.7. The number of hydrogen-bond donors (Lipinski definition) is 1. The standard InChI is InChI=1S/C18H12F4O2/c19-15-4-1-3-13(11-15)16(5-2-6-17(23)24)12-7-9-14(10-8-12)18(20,21)22/h1-11H,(H,23,24)/b6-2+,16-5+. The fourth-order valence-electron chi connectivity index (χ4n) is 2.08. The Morgan fingerprint density at radius 1 is 1.00 bits per heavy atom. The molecule has 124 valence electrons. The summed E-state index contributed by atoms with van der Waals surface area (Å²) in [7, 11) is 0. The van der Waals surface area contributed by atoms with Gasteiger partial charge in [-0.3, -0.25) is 0 Å². The average molecular weight is 336 g/mol. The van der Waals surface area contributed by atoms with E-state index in [4.69, 9.17) is 5.11 Å². The predicted octanol–water partition coefficient (Wildman–Crippen LogP) is 4.92. The van der Waals surface area contributed by atoms with Gasteiger partial charge < -0.3 is 5.11 Å². The average Bonchev–Trinajstić information content (AvgIpc) is 2.50. The molecule has 0 aromatic heterocycles. The third-order valence-electron chi connectivity index (χ3n) is 3.16. The predicted molar refractivity (Wildman–Crippen MR) is 81.7 cm³/mol. The van der Waals surface area contributed by atoms with Crippen LogP contribution in [0.3, 0.4) is 0 Å². The molecule has 0 saturated heterocycles. The molecular formula is C18H12F4O2. The molecule has 0 saturated carbocycles. The first kappa shape index (κ1) is 17.5. The maximum atomic E-state index is 13.4. The number of allylic oxidation sites excluding steroid dienone is 2. The molecule has 0 aliphatic heterocycles. The number of carboxylic acid groups (broad SMARTS) is 1. The van der Waals surface area contributed by atoms with Crippen molar-refractivity contribution in [1.82, 2.24) is 0 Å². The zero-order valence-corrected chi connectivity index (χ0v) is 12.2. The van der Waals surface area contributed by atoms with Crippen LogP contribution in [0.1, 0.15) is 16.7 Å². The van der Waals surface area contributed by atoms with Gasteiger partial charge in [0, 0.05) is 6.08 Å². The van der Waals surface area contributed by atoms with E-state index in [-0.39, 0.29) is 0 Å². The molecule has 2 aromatic carbocycles. The normalized spacial score (nSPS) is 12.6. The van der Waals surface area contributed by atoms with Crippen molar-refractivity contribution in [3.63, 3.8) is 0 Å². The molecule has 0 aliphatic carbocycles. The fourth-order valence-corrected chi connectivity index (χ4v) is 2.08. The Kier molecular flexibility index (Phi) is 5.18. The second-order valence-corrected chi connectivity index (χ2v) is 4.86. The summed E-state index contributed by atoms with van der Waals surface area (Å²) >= 11 is 0. The summed E-state index contributed by atoms with van der Waals surface area (Å²) in [4.78, 5) is 10.6. The summed E-state index contributed by atoms with van der Waals surface area (Å²) in [5.41, 5.74) is 0.431. The lowest BCUT2D eigenvalue weighted by Gasteiger charge is -2.11. The van der Waals surface area contributed by atoms with Gasteiger partial charge in [-0.1, -0.05) is 36.4 Å². The first-order valence-corrected chi connectivity index (χ1v) is 6.82. The molecule has 0 spiro atoms. The van der Waals surface area contributed by atoms with Crippen molar-refractivity contribution in [2.24, 2.45) is 0 Å². The van der Waals surface area contributed by atoms with Crippen LogP contribution >= 0.6 is 0 Å². The molecule has 6 heteroatoms. The summed E-state index contributed by atoms with van der Waals surface area (Å²) in [6.45, 7) is 0. The molecule has 2 rings (SSSR count). The molecule has 2 aromatic rings. The molecule has 0 aliphatic rings. The maximum absolute atomic E-state index is 13.4. The first-order valence-electron chi connectivity index (χ1n) is 6.82. The van der Waals surface area contributed by atoms with Gasteiger partial charge in [0.2, 0.25) is 0 Å². The van der Waals surface area contributed by atoms with Gasteiger partial charge in [-0.2, -0.15) is 13.2 Å². The largest absolute Gasteiger partial charge is 0.478 e. The van der Waals surface area contributed by atoms with E-state index in [9.17, 15) is 22.4 Å². The molecule has 0 fully saturated rings. The van der Waals surface area contributed by atoms with E-state index in [1.165, 1.54) is 42.5 Å². The molecule has 0 atom stereocenters. The molecule has 0 bridgehead atoms. The number of carboxylic acids is 1. The molecule has 0 radical (unpaired) electrons. The Morgan fingerprint density at radius 3 is 2.21 bits per heavy atom. The van der Waals surface area contributed by atoms with Gasteiger partial charge in [0.15, 0.2) is 0 Å². The van der Waals surface area contributed by atoms with Crippen LogP contribution in [0.2, 0.25) is 0 Å². The molecular weight excluding hydrogens is 324 g/mol. The molecule has 0 amide bonds. The van der Waals surface area contributed by atoms with Gasteiger partial charge in [-0.25, -0.2) is 9.18 Å². The third-order valence-corrected chi connectivity index (χ3v) is 3.16. The van der Waals surface area contributed by atoms with Crippen molar-refractivity contribution in [2.75, 3.05) is 0 Å². The Labute approximate surface area is 135 Å². The summed E-state index contributed by atoms with van der Waals surface area (Å²) in [5.74, 6) is -1.68. The highest BCUT2D eigenvalue weighted by molar-refractivity contribution is 5.84. The second-order valence-electron chi connectivity index (χ2n) is 4.86. The topological polar surface area (TPSA) is 37.3 Å². The van der Waals surface area contributed by atoms with Gasteiger partial charge in [0.05, 0.1) is 5.56 Å². The van der Waals surface area contributed by atoms with Crippen molar-refractivity contribution < 1.29 is 27.5 Å². The van der Waals surface area contributed by atoms with E-state index in [1.807, 2.05) is 0 Å². The molecule has 0 unspecified atom stereocenters. The van der Waals surface area contributed by atoms with Crippen LogP contribution in [-0.4, -0.2) is 11.1 Å². The van der Waals surface area contributed by atoms with E-state index < -0.39 is 23.5 Å². The molecule has 1 N–H and O–H groups in total. The Morgan fingerprint density at radius 2 is 1.67 bits per heavy atom. The van der Waals surface area contributed by atoms with Crippen molar-refractivity contribution in [3.05, 3.63) is 89.3 Å². The van der Waals surface area contributed by atoms with Gasteiger partial charge in [0.1, 0.15) is 5.82 Å². The van der Waals surface area contributed by atoms with Gasteiger partial charge >= 0.3 is 12.1 Å². The summed E-state index contributed by atoms with van der Waals surface area (Å²) in [5, 5.41) is 8.64. The smallest absolute Gasteiger partial charge is 0.416 e. The number of benzene rings is 2. The lowest BCUT2D eigenvalue weighted by molar-refractivity contribution is -0.137. The highest BCUT2D eigenvalue weighted by Crippen LogP contribution is 2.31. The second kappa shape index (κ2) is 7.12. The third kappa shape index (κ3) is 4.55. The quantitative estimate of drug-likeness (QED) is 0.489. The van der Waals surface area contributed by atoms with Crippen molar-refractivity contribution in [1.29, 1.82) is 0 Å². The number of alkyl halides is 3. The van der Waals surface area contributed by atoms with Crippen molar-refractivity contribution in [2.45, 2.75) is 6.18 Å². The number of hydrogen-bond acceptors (Lipinski definition) is 1. The van der Waals surface area contributed by atoms with Crippen molar-refractivity contribution >= 4 is 11.5 Å². The highest BCUT2D eigenvalue weighted by atomic mass is 19.4. The van der Waals surface area contributed by atoms with Crippen LogP contribution < -0.4 is 0 Å². The molecule has 0 heterocycles. The number of aliphatic carboxylic acids is 1. The minimum absolute atomic E-state index is 0.403. The van der Waals surface area contributed by atoms with Crippen LogP contribution in [0.15, 0.2) is 66.8 Å². The lowest BCUT2D eigenvalue weighted by Crippen LogP contribution is -2.04. The first-order chi connectivity index (χ1) is 11.3. The van der Waals surface area contributed by atoms with Crippen molar-refractivity contribution in [3.8, 4) is 0 Å². The van der Waals surface area contributed by atoms with Crippen LogP contribution in [0.4, 0.5) is 17.6 Å². The van der Waals surface area contributed by atoms with Crippen LogP contribution in [0.5, 0.6) is 0 Å². The van der Waals surface area contributed by atoms with Crippen LogP contribution in [0.25, 0.3) is 5.57 Å². The Hall–Kier alpha value is -2.89. The SMILES string of the molecule is O=C(O)/C=C/C=C(\c1ccc(C(F)(F)F)cc1)c1cccc(F)c1. The summed E-state index contributed by atoms with van der Waals surface area (Å²) in [6.07, 6.45) is -0.931. The van der Waals surface area contributed by atoms with Gasteiger partial charge in [-0.15, -0.1) is 0 Å². The number of carbonyl (C=O) groups is 1. The molecule has 24 heavy (non-hydrogen) atoms. The highest BCUT2D eigenvalue weighted by Gasteiger charge is 2.30. The van der Waals surface area contributed by atoms with E-state index in [0.29, 0.717) is 16.7 Å². The lowest BCUT2D eigenvalue weighted by atomic mass is 9.96. The Balaban J connectivity index is 2.48. The van der Waals surface area contributed by atoms with Crippen LogP contribution in [0, 0.1) is 5.82 Å². The van der Waals surface area contributed by atoms with Gasteiger partial charge in [0.25, 0.3) is 0 Å². The minimum atomic E-state index is -4.45. The maximum Gasteiger partial charge on any atom is 0.416 e. The summed E-state index contributed by atoms with van der Waals surface area (Å²) in [6, 6.07) is 9.86. The fraction of sp³-hybridized carbons (Fsp3) is 0.0556. The minimum Gasteiger partial charge on any atom is -0.478 e. The molecule has 2 nitrogen and oxygen atoms in total. The van der Waals surface area contributed by atoms with Crippen LogP contribution in [-0.2, 0) is 11.0 Å². The number of halogens is 4. The van der Waals surface area contributed by atoms with E-state index in [0.717, 1.165) is 18.2 Å². The van der Waals surface area contributed by atoms with E-state index in [1.54, 1.807) is 6.07 Å². The monoisotopic (exact) mass is 336 g/mol. The number of rotatable bonds is 4. The van der Waals surface area contributed by atoms with E-state index in [2.05, 4.69) is 0 Å².